The van der Waals surface area contributed by atoms with E-state index in [9.17, 15) is 13.2 Å². The molecule has 0 aliphatic rings. The van der Waals surface area contributed by atoms with Crippen LogP contribution in [0.15, 0.2) is 35.2 Å². The van der Waals surface area contributed by atoms with Crippen molar-refractivity contribution in [2.45, 2.75) is 30.8 Å². The summed E-state index contributed by atoms with van der Waals surface area (Å²) in [6, 6.07) is 6.87. The van der Waals surface area contributed by atoms with Crippen LogP contribution in [0.3, 0.4) is 0 Å². The maximum absolute atomic E-state index is 12.0. The van der Waals surface area contributed by atoms with Crippen LogP contribution in [0.5, 0.6) is 0 Å². The Labute approximate surface area is 119 Å². The minimum atomic E-state index is -3.69. The third-order valence-electron chi connectivity index (χ3n) is 2.58. The second kappa shape index (κ2) is 7.37. The number of nitrogens with one attached hydrogen (secondary N) is 2. The Morgan fingerprint density at radius 2 is 1.85 bits per heavy atom. The van der Waals surface area contributed by atoms with Gasteiger partial charge in [-0.25, -0.2) is 8.42 Å². The van der Waals surface area contributed by atoms with E-state index in [1.54, 1.807) is 25.1 Å². The highest BCUT2D eigenvalue weighted by atomic mass is 32.2. The van der Waals surface area contributed by atoms with Crippen molar-refractivity contribution in [3.63, 3.8) is 0 Å². The number of benzene rings is 1. The van der Waals surface area contributed by atoms with Gasteiger partial charge in [0.1, 0.15) is 0 Å². The number of rotatable bonds is 7. The third-order valence-corrected chi connectivity index (χ3v) is 4.14. The topological polar surface area (TPSA) is 84.5 Å². The molecule has 1 aromatic rings. The predicted molar refractivity (Wildman–Crippen MR) is 75.7 cm³/mol. The number of ether oxygens (including phenoxy) is 1. The molecule has 0 saturated carbocycles. The fraction of sp³-hybridized carbons (Fsp3) is 0.462. The Kier molecular flexibility index (Phi) is 6.12. The van der Waals surface area contributed by atoms with Gasteiger partial charge in [0.2, 0.25) is 15.9 Å². The van der Waals surface area contributed by atoms with Gasteiger partial charge in [-0.05, 0) is 26.0 Å². The lowest BCUT2D eigenvalue weighted by Crippen LogP contribution is -2.48. The average Bonchev–Trinajstić information content (AvgIpc) is 2.39. The van der Waals surface area contributed by atoms with E-state index in [1.807, 2.05) is 0 Å². The van der Waals surface area contributed by atoms with E-state index in [-0.39, 0.29) is 10.9 Å². The first-order valence-electron chi connectivity index (χ1n) is 6.23. The number of hydrogen-bond donors (Lipinski definition) is 2. The summed E-state index contributed by atoms with van der Waals surface area (Å²) in [5.41, 5.74) is 0. The predicted octanol–water partition coefficient (Wildman–Crippen LogP) is 0.504. The lowest BCUT2D eigenvalue weighted by Gasteiger charge is -2.18. The second-order valence-electron chi connectivity index (χ2n) is 4.52. The van der Waals surface area contributed by atoms with Gasteiger partial charge in [0.05, 0.1) is 17.5 Å². The monoisotopic (exact) mass is 300 g/mol. The minimum absolute atomic E-state index is 0.129. The molecule has 0 fully saturated rings. The maximum atomic E-state index is 12.0. The van der Waals surface area contributed by atoms with Crippen molar-refractivity contribution in [1.29, 1.82) is 0 Å². The van der Waals surface area contributed by atoms with Crippen LogP contribution in [0, 0.1) is 0 Å². The Hall–Kier alpha value is -1.44. The average molecular weight is 300 g/mol. The van der Waals surface area contributed by atoms with Crippen molar-refractivity contribution >= 4 is 15.9 Å². The lowest BCUT2D eigenvalue weighted by atomic mass is 10.3. The van der Waals surface area contributed by atoms with Gasteiger partial charge in [0.15, 0.2) is 0 Å². The van der Waals surface area contributed by atoms with Crippen molar-refractivity contribution < 1.29 is 17.9 Å². The summed E-state index contributed by atoms with van der Waals surface area (Å²) in [6.07, 6.45) is 0. The first kappa shape index (κ1) is 16.6. The summed E-state index contributed by atoms with van der Waals surface area (Å²) < 4.78 is 31.3. The molecule has 2 N–H and O–H groups in total. The molecule has 112 valence electrons. The van der Waals surface area contributed by atoms with Gasteiger partial charge in [-0.2, -0.15) is 4.72 Å². The van der Waals surface area contributed by atoms with Gasteiger partial charge in [-0.3, -0.25) is 4.79 Å². The minimum Gasteiger partial charge on any atom is -0.383 e. The molecule has 0 heterocycles. The molecule has 1 amide bonds. The highest BCUT2D eigenvalue weighted by Crippen LogP contribution is 2.07. The molecule has 0 radical (unpaired) electrons. The van der Waals surface area contributed by atoms with E-state index in [0.717, 1.165) is 0 Å². The van der Waals surface area contributed by atoms with Crippen molar-refractivity contribution in [2.24, 2.45) is 0 Å². The van der Waals surface area contributed by atoms with Crippen molar-refractivity contribution in [3.05, 3.63) is 30.3 Å². The van der Waals surface area contributed by atoms with Gasteiger partial charge in [-0.1, -0.05) is 18.2 Å². The summed E-state index contributed by atoms with van der Waals surface area (Å²) in [5.74, 6) is -0.394. The summed E-state index contributed by atoms with van der Waals surface area (Å²) in [4.78, 5) is 12.0. The number of carbonyl (C=O) groups is 1. The molecule has 0 aliphatic carbocycles. The van der Waals surface area contributed by atoms with Crippen LogP contribution in [0.25, 0.3) is 0 Å². The van der Waals surface area contributed by atoms with E-state index in [2.05, 4.69) is 10.0 Å². The molecule has 1 rings (SSSR count). The zero-order chi connectivity index (χ0) is 15.2. The smallest absolute Gasteiger partial charge is 0.241 e. The van der Waals surface area contributed by atoms with Gasteiger partial charge in [-0.15, -0.1) is 0 Å². The lowest BCUT2D eigenvalue weighted by molar-refractivity contribution is -0.123. The molecule has 0 aromatic heterocycles. The Bertz CT molecular complexity index is 531. The maximum Gasteiger partial charge on any atom is 0.241 e. The first-order chi connectivity index (χ1) is 9.36. The van der Waals surface area contributed by atoms with E-state index >= 15 is 0 Å². The standard InChI is InChI=1S/C13H20N2O4S/c1-10(9-19-3)14-13(16)11(2)15-20(17,18)12-7-5-4-6-8-12/h4-8,10-11,15H,9H2,1-3H3,(H,14,16)/t10-,11+/m1/s1. The zero-order valence-corrected chi connectivity index (χ0v) is 12.6. The Balaban J connectivity index is 2.66. The molecule has 1 aromatic carbocycles. The molecule has 0 aliphatic heterocycles. The van der Waals surface area contributed by atoms with Crippen LogP contribution in [0.1, 0.15) is 13.8 Å². The molecule has 6 nitrogen and oxygen atoms in total. The second-order valence-corrected chi connectivity index (χ2v) is 6.23. The molecule has 2 atom stereocenters. The van der Waals surface area contributed by atoms with Gasteiger partial charge in [0, 0.05) is 13.2 Å². The fourth-order valence-corrected chi connectivity index (χ4v) is 2.84. The van der Waals surface area contributed by atoms with Gasteiger partial charge in [0.25, 0.3) is 0 Å². The summed E-state index contributed by atoms with van der Waals surface area (Å²) in [6.45, 7) is 3.64. The van der Waals surface area contributed by atoms with E-state index in [0.29, 0.717) is 6.61 Å². The quantitative estimate of drug-likeness (QED) is 0.768. The molecule has 0 saturated heterocycles. The Morgan fingerprint density at radius 3 is 2.40 bits per heavy atom. The number of sulfonamides is 1. The van der Waals surface area contributed by atoms with Gasteiger partial charge < -0.3 is 10.1 Å². The SMILES string of the molecule is COC[C@@H](C)NC(=O)[C@H](C)NS(=O)(=O)c1ccccc1. The largest absolute Gasteiger partial charge is 0.383 e. The summed E-state index contributed by atoms with van der Waals surface area (Å²) in [5, 5.41) is 2.66. The first-order valence-corrected chi connectivity index (χ1v) is 7.72. The highest BCUT2D eigenvalue weighted by Gasteiger charge is 2.22. The molecule has 0 unspecified atom stereocenters. The molecule has 20 heavy (non-hydrogen) atoms. The number of hydrogen-bond acceptors (Lipinski definition) is 4. The zero-order valence-electron chi connectivity index (χ0n) is 11.8. The van der Waals surface area contributed by atoms with E-state index in [4.69, 9.17) is 4.74 Å². The third kappa shape index (κ3) is 4.92. The molecular formula is C13H20N2O4S. The van der Waals surface area contributed by atoms with E-state index in [1.165, 1.54) is 26.2 Å². The van der Waals surface area contributed by atoms with Crippen LogP contribution >= 0.6 is 0 Å². The van der Waals surface area contributed by atoms with E-state index < -0.39 is 22.0 Å². The van der Waals surface area contributed by atoms with Crippen LogP contribution in [-0.2, 0) is 19.6 Å². The summed E-state index contributed by atoms with van der Waals surface area (Å²) >= 11 is 0. The number of methoxy groups -OCH3 is 1. The molecule has 0 bridgehead atoms. The van der Waals surface area contributed by atoms with Crippen LogP contribution in [0.4, 0.5) is 0 Å². The van der Waals surface area contributed by atoms with Crippen molar-refractivity contribution in [3.8, 4) is 0 Å². The van der Waals surface area contributed by atoms with Crippen molar-refractivity contribution in [2.75, 3.05) is 13.7 Å². The molecule has 0 spiro atoms. The highest BCUT2D eigenvalue weighted by molar-refractivity contribution is 7.89. The van der Waals surface area contributed by atoms with Gasteiger partial charge >= 0.3 is 0 Å². The van der Waals surface area contributed by atoms with Crippen LogP contribution < -0.4 is 10.0 Å². The molecule has 7 heteroatoms. The normalized spacial score (nSPS) is 14.6. The number of carbonyl (C=O) groups excluding carboxylic acids is 1. The number of amides is 1. The Morgan fingerprint density at radius 1 is 1.25 bits per heavy atom. The molecular weight excluding hydrogens is 280 g/mol. The van der Waals surface area contributed by atoms with Crippen LogP contribution in [-0.4, -0.2) is 40.1 Å². The summed E-state index contributed by atoms with van der Waals surface area (Å²) in [7, 11) is -2.16. The fourth-order valence-electron chi connectivity index (χ4n) is 1.61. The van der Waals surface area contributed by atoms with Crippen molar-refractivity contribution in [1.82, 2.24) is 10.0 Å². The van der Waals surface area contributed by atoms with Crippen LogP contribution in [0.2, 0.25) is 0 Å².